The molecule has 1 heterocycles. The van der Waals surface area contributed by atoms with Crippen LogP contribution >= 0.6 is 0 Å². The van der Waals surface area contributed by atoms with E-state index in [1.165, 1.54) is 24.8 Å². The quantitative estimate of drug-likeness (QED) is 0.145. The van der Waals surface area contributed by atoms with Crippen molar-refractivity contribution in [1.29, 1.82) is 0 Å². The minimum absolute atomic E-state index is 0.00136. The number of amides is 2. The minimum atomic E-state index is -0.558. The molecule has 5 atom stereocenters. The number of ether oxygens (including phenoxy) is 2. The molecular weight excluding hydrogens is 659 g/mol. The molecule has 4 saturated carbocycles. The molecule has 4 aliphatic carbocycles. The Kier molecular flexibility index (Phi) is 10.4. The highest BCUT2D eigenvalue weighted by molar-refractivity contribution is 5.75. The van der Waals surface area contributed by atoms with Gasteiger partial charge in [-0.1, -0.05) is 97.9 Å². The second-order valence-electron chi connectivity index (χ2n) is 16.7. The SMILES string of the molecule is C[C@H]1[C@@H](CN(C)[C@@H](C)c2ccccc2)O[C@@H](c2cccc(-c3cccc(CNC(=O)NC45CC6CC(CC(C6)C4)C5)c3)c2)O[C@H]1c1ccc(CO)cc1. The lowest BCUT2D eigenvalue weighted by molar-refractivity contribution is -0.276. The number of urea groups is 1. The van der Waals surface area contributed by atoms with E-state index in [1.807, 2.05) is 12.1 Å². The minimum Gasteiger partial charge on any atom is -0.392 e. The second-order valence-corrected chi connectivity index (χ2v) is 16.7. The van der Waals surface area contributed by atoms with E-state index in [9.17, 15) is 9.90 Å². The van der Waals surface area contributed by atoms with Crippen LogP contribution in [0.2, 0.25) is 0 Å². The van der Waals surface area contributed by atoms with Crippen LogP contribution in [-0.2, 0) is 22.6 Å². The van der Waals surface area contributed by atoms with Crippen molar-refractivity contribution in [3.05, 3.63) is 131 Å². The summed E-state index contributed by atoms with van der Waals surface area (Å²) in [6.07, 6.45) is 6.69. The van der Waals surface area contributed by atoms with Gasteiger partial charge in [0.15, 0.2) is 6.29 Å². The molecule has 2 amide bonds. The number of nitrogens with zero attached hydrogens (tertiary/aromatic N) is 1. The highest BCUT2D eigenvalue weighted by atomic mass is 16.7. The summed E-state index contributed by atoms with van der Waals surface area (Å²) in [5.74, 6) is 2.47. The topological polar surface area (TPSA) is 83.1 Å². The molecule has 4 aromatic carbocycles. The largest absolute Gasteiger partial charge is 0.392 e. The van der Waals surface area contributed by atoms with Crippen LogP contribution < -0.4 is 10.6 Å². The molecule has 1 aliphatic heterocycles. The van der Waals surface area contributed by atoms with Crippen LogP contribution in [-0.4, -0.2) is 41.3 Å². The van der Waals surface area contributed by atoms with E-state index in [0.29, 0.717) is 6.54 Å². The van der Waals surface area contributed by atoms with E-state index < -0.39 is 6.29 Å². The van der Waals surface area contributed by atoms with Crippen molar-refractivity contribution >= 4 is 6.03 Å². The van der Waals surface area contributed by atoms with E-state index in [2.05, 4.69) is 127 Å². The first-order chi connectivity index (χ1) is 25.7. The third-order valence-corrected chi connectivity index (χ3v) is 12.8. The van der Waals surface area contributed by atoms with E-state index in [1.54, 1.807) is 0 Å². The average molecular weight is 714 g/mol. The van der Waals surface area contributed by atoms with E-state index in [-0.39, 0.29) is 42.3 Å². The van der Waals surface area contributed by atoms with Gasteiger partial charge >= 0.3 is 6.03 Å². The number of rotatable bonds is 11. The van der Waals surface area contributed by atoms with Crippen molar-refractivity contribution in [2.24, 2.45) is 23.7 Å². The standard InChI is InChI=1S/C46H55N3O4/c1-30-42(28-49(3)31(2)37-10-5-4-6-11-37)52-44(53-43(30)38-17-15-32(29-50)16-18-38)41-14-8-13-40(23-41)39-12-7-9-33(22-39)27-47-45(51)48-46-24-34-19-35(25-46)21-36(20-34)26-46/h4-18,22-23,30-31,34-36,42-44,50H,19-21,24-29H2,1-3H3,(H2,47,48,51)/t30-,31-,34?,35?,36?,42+,43+,44+,46?/m0/s1. The Morgan fingerprint density at radius 3 is 2.15 bits per heavy atom. The first-order valence-electron chi connectivity index (χ1n) is 19.8. The Morgan fingerprint density at radius 2 is 1.47 bits per heavy atom. The lowest BCUT2D eigenvalue weighted by atomic mass is 9.53. The molecule has 3 N–H and O–H groups in total. The van der Waals surface area contributed by atoms with E-state index in [0.717, 1.165) is 76.9 Å². The van der Waals surface area contributed by atoms with Crippen molar-refractivity contribution in [1.82, 2.24) is 15.5 Å². The molecule has 0 aromatic heterocycles. The zero-order valence-electron chi connectivity index (χ0n) is 31.4. The molecule has 9 rings (SSSR count). The van der Waals surface area contributed by atoms with Crippen molar-refractivity contribution in [2.45, 2.75) is 95.6 Å². The number of hydrogen-bond acceptors (Lipinski definition) is 5. The van der Waals surface area contributed by atoms with Gasteiger partial charge in [0.2, 0.25) is 0 Å². The zero-order valence-corrected chi connectivity index (χ0v) is 31.4. The molecule has 0 unspecified atom stereocenters. The van der Waals surface area contributed by atoms with Gasteiger partial charge in [-0.15, -0.1) is 0 Å². The molecular formula is C46H55N3O4. The Bertz CT molecular complexity index is 1830. The van der Waals surface area contributed by atoms with Crippen LogP contribution in [0.5, 0.6) is 0 Å². The number of aliphatic hydroxyl groups is 1. The van der Waals surface area contributed by atoms with Gasteiger partial charge in [0.05, 0.1) is 18.8 Å². The van der Waals surface area contributed by atoms with Gasteiger partial charge in [-0.2, -0.15) is 0 Å². The highest BCUT2D eigenvalue weighted by Gasteiger charge is 2.51. The Morgan fingerprint density at radius 1 is 0.811 bits per heavy atom. The summed E-state index contributed by atoms with van der Waals surface area (Å²) in [5.41, 5.74) is 7.42. The summed E-state index contributed by atoms with van der Waals surface area (Å²) < 4.78 is 13.7. The summed E-state index contributed by atoms with van der Waals surface area (Å²) in [4.78, 5) is 15.6. The summed E-state index contributed by atoms with van der Waals surface area (Å²) in [5, 5.41) is 16.3. The predicted molar refractivity (Wildman–Crippen MR) is 209 cm³/mol. The highest BCUT2D eigenvalue weighted by Crippen LogP contribution is 2.55. The number of nitrogens with one attached hydrogen (secondary N) is 2. The van der Waals surface area contributed by atoms with E-state index >= 15 is 0 Å². The summed E-state index contributed by atoms with van der Waals surface area (Å²) >= 11 is 0. The van der Waals surface area contributed by atoms with Gasteiger partial charge in [0.1, 0.15) is 0 Å². The number of carbonyl (C=O) groups is 1. The number of carbonyl (C=O) groups excluding carboxylic acids is 1. The number of benzene rings is 4. The maximum atomic E-state index is 13.2. The molecule has 5 aliphatic rings. The maximum Gasteiger partial charge on any atom is 0.315 e. The monoisotopic (exact) mass is 713 g/mol. The third-order valence-electron chi connectivity index (χ3n) is 12.8. The predicted octanol–water partition coefficient (Wildman–Crippen LogP) is 9.10. The van der Waals surface area contributed by atoms with Gasteiger partial charge in [0.25, 0.3) is 0 Å². The Labute approximate surface area is 315 Å². The van der Waals surface area contributed by atoms with Crippen LogP contribution in [0, 0.1) is 23.7 Å². The smallest absolute Gasteiger partial charge is 0.315 e. The Hall–Kier alpha value is -4.01. The molecule has 278 valence electrons. The lowest BCUT2D eigenvalue weighted by Crippen LogP contribution is -2.61. The van der Waals surface area contributed by atoms with E-state index in [4.69, 9.17) is 9.47 Å². The zero-order chi connectivity index (χ0) is 36.5. The summed E-state index contributed by atoms with van der Waals surface area (Å²) in [6, 6.07) is 35.8. The third kappa shape index (κ3) is 7.95. The fraction of sp³-hybridized carbons (Fsp3) is 0.457. The van der Waals surface area contributed by atoms with Crippen LogP contribution in [0.25, 0.3) is 11.1 Å². The van der Waals surface area contributed by atoms with Gasteiger partial charge in [0, 0.05) is 36.2 Å². The maximum absolute atomic E-state index is 13.2. The lowest BCUT2D eigenvalue weighted by Gasteiger charge is -2.56. The molecule has 53 heavy (non-hydrogen) atoms. The van der Waals surface area contributed by atoms with Gasteiger partial charge in [-0.25, -0.2) is 4.79 Å². The Balaban J connectivity index is 0.976. The van der Waals surface area contributed by atoms with Crippen molar-refractivity contribution in [2.75, 3.05) is 13.6 Å². The molecule has 7 heteroatoms. The first-order valence-corrected chi connectivity index (χ1v) is 19.8. The molecule has 4 bridgehead atoms. The summed E-state index contributed by atoms with van der Waals surface area (Å²) in [7, 11) is 2.17. The number of hydrogen-bond donors (Lipinski definition) is 3. The van der Waals surface area contributed by atoms with Crippen LogP contribution in [0.1, 0.15) is 98.6 Å². The van der Waals surface area contributed by atoms with Crippen molar-refractivity contribution in [3.8, 4) is 11.1 Å². The van der Waals surface area contributed by atoms with Crippen LogP contribution in [0.4, 0.5) is 4.79 Å². The molecule has 5 fully saturated rings. The molecule has 1 saturated heterocycles. The van der Waals surface area contributed by atoms with Crippen molar-refractivity contribution in [3.63, 3.8) is 0 Å². The fourth-order valence-corrected chi connectivity index (χ4v) is 10.2. The van der Waals surface area contributed by atoms with Crippen molar-refractivity contribution < 1.29 is 19.4 Å². The first kappa shape index (κ1) is 36.0. The molecule has 0 radical (unpaired) electrons. The normalized spacial score (nSPS) is 29.6. The summed E-state index contributed by atoms with van der Waals surface area (Å²) in [6.45, 7) is 5.69. The van der Waals surface area contributed by atoms with Crippen LogP contribution in [0.3, 0.4) is 0 Å². The number of aliphatic hydroxyl groups excluding tert-OH is 1. The van der Waals surface area contributed by atoms with Gasteiger partial charge in [-0.3, -0.25) is 4.90 Å². The van der Waals surface area contributed by atoms with Crippen LogP contribution in [0.15, 0.2) is 103 Å². The molecule has 7 nitrogen and oxygen atoms in total. The molecule has 0 spiro atoms. The van der Waals surface area contributed by atoms with Gasteiger partial charge < -0.3 is 25.2 Å². The average Bonchev–Trinajstić information content (AvgIpc) is 3.17. The fourth-order valence-electron chi connectivity index (χ4n) is 10.2. The van der Waals surface area contributed by atoms with Gasteiger partial charge in [-0.05, 0) is 116 Å². The second kappa shape index (κ2) is 15.4. The number of likely N-dealkylation sites (N-methyl/N-ethyl adjacent to an activating group) is 1. The molecule has 4 aromatic rings.